The Morgan fingerprint density at radius 1 is 1.50 bits per heavy atom. The standard InChI is InChI=1S/C6H15NO/c1-5(7)4-6(2)8-3/h5-6H,4,7H2,1-3H3/t5-,6?/m0/s1. The van der Waals surface area contributed by atoms with Crippen molar-refractivity contribution in [1.82, 2.24) is 0 Å². The van der Waals surface area contributed by atoms with Crippen molar-refractivity contribution in [1.29, 1.82) is 0 Å². The van der Waals surface area contributed by atoms with E-state index in [9.17, 15) is 0 Å². The molecular formula is C6H15NO. The number of rotatable bonds is 3. The van der Waals surface area contributed by atoms with E-state index in [1.54, 1.807) is 7.11 Å². The highest BCUT2D eigenvalue weighted by Crippen LogP contribution is 1.96. The highest BCUT2D eigenvalue weighted by Gasteiger charge is 2.00. The van der Waals surface area contributed by atoms with Gasteiger partial charge in [-0.2, -0.15) is 0 Å². The molecule has 0 rings (SSSR count). The highest BCUT2D eigenvalue weighted by molar-refractivity contribution is 4.57. The minimum Gasteiger partial charge on any atom is -0.382 e. The van der Waals surface area contributed by atoms with Gasteiger partial charge in [0.15, 0.2) is 0 Å². The Hall–Kier alpha value is -0.0800. The van der Waals surface area contributed by atoms with E-state index in [-0.39, 0.29) is 6.04 Å². The molecule has 0 aliphatic carbocycles. The summed E-state index contributed by atoms with van der Waals surface area (Å²) in [6, 6.07) is 0.255. The molecule has 0 spiro atoms. The van der Waals surface area contributed by atoms with E-state index < -0.39 is 0 Å². The van der Waals surface area contributed by atoms with E-state index in [4.69, 9.17) is 10.5 Å². The Bertz CT molecular complexity index is 54.5. The molecule has 0 fully saturated rings. The van der Waals surface area contributed by atoms with Crippen molar-refractivity contribution in [2.24, 2.45) is 5.73 Å². The van der Waals surface area contributed by atoms with Crippen LogP contribution in [0.25, 0.3) is 0 Å². The second-order valence-corrected chi connectivity index (χ2v) is 2.26. The summed E-state index contributed by atoms with van der Waals surface area (Å²) in [4.78, 5) is 0. The molecule has 0 aromatic heterocycles. The highest BCUT2D eigenvalue weighted by atomic mass is 16.5. The van der Waals surface area contributed by atoms with E-state index in [0.717, 1.165) is 6.42 Å². The average molecular weight is 117 g/mol. The first-order valence-corrected chi connectivity index (χ1v) is 2.95. The molecule has 2 heteroatoms. The van der Waals surface area contributed by atoms with Gasteiger partial charge in [-0.05, 0) is 20.3 Å². The molecule has 0 aliphatic heterocycles. The maximum atomic E-state index is 5.49. The molecule has 0 bridgehead atoms. The normalized spacial score (nSPS) is 18.0. The predicted octanol–water partition coefficient (Wildman–Crippen LogP) is 0.759. The molecule has 2 N–H and O–H groups in total. The lowest BCUT2D eigenvalue weighted by molar-refractivity contribution is 0.106. The first-order chi connectivity index (χ1) is 3.66. The van der Waals surface area contributed by atoms with Crippen LogP contribution in [-0.4, -0.2) is 19.3 Å². The molecule has 50 valence electrons. The molecular weight excluding hydrogens is 102 g/mol. The quantitative estimate of drug-likeness (QED) is 0.592. The zero-order valence-electron chi connectivity index (χ0n) is 5.85. The zero-order chi connectivity index (χ0) is 6.57. The van der Waals surface area contributed by atoms with Gasteiger partial charge >= 0.3 is 0 Å². The molecule has 8 heavy (non-hydrogen) atoms. The Balaban J connectivity index is 3.10. The maximum absolute atomic E-state index is 5.49. The second-order valence-electron chi connectivity index (χ2n) is 2.26. The lowest BCUT2D eigenvalue weighted by Gasteiger charge is -2.10. The van der Waals surface area contributed by atoms with Gasteiger partial charge in [0.25, 0.3) is 0 Å². The summed E-state index contributed by atoms with van der Waals surface area (Å²) in [5.74, 6) is 0. The van der Waals surface area contributed by atoms with Gasteiger partial charge < -0.3 is 10.5 Å². The molecule has 2 atom stereocenters. The van der Waals surface area contributed by atoms with Crippen molar-refractivity contribution >= 4 is 0 Å². The smallest absolute Gasteiger partial charge is 0.0557 e. The number of ether oxygens (including phenoxy) is 1. The minimum absolute atomic E-state index is 0.255. The van der Waals surface area contributed by atoms with Crippen LogP contribution in [0.5, 0.6) is 0 Å². The summed E-state index contributed by atoms with van der Waals surface area (Å²) >= 11 is 0. The Morgan fingerprint density at radius 2 is 2.00 bits per heavy atom. The molecule has 0 aromatic carbocycles. The largest absolute Gasteiger partial charge is 0.382 e. The summed E-state index contributed by atoms with van der Waals surface area (Å²) < 4.78 is 4.98. The Morgan fingerprint density at radius 3 is 2.12 bits per heavy atom. The summed E-state index contributed by atoms with van der Waals surface area (Å²) in [7, 11) is 1.70. The summed E-state index contributed by atoms with van der Waals surface area (Å²) in [5, 5.41) is 0. The van der Waals surface area contributed by atoms with Gasteiger partial charge in [-0.25, -0.2) is 0 Å². The van der Waals surface area contributed by atoms with Crippen LogP contribution < -0.4 is 5.73 Å². The van der Waals surface area contributed by atoms with Crippen LogP contribution in [-0.2, 0) is 4.74 Å². The third-order valence-corrected chi connectivity index (χ3v) is 1.11. The number of methoxy groups -OCH3 is 1. The topological polar surface area (TPSA) is 35.2 Å². The first kappa shape index (κ1) is 7.92. The molecule has 0 saturated carbocycles. The van der Waals surface area contributed by atoms with Gasteiger partial charge in [0.05, 0.1) is 6.10 Å². The zero-order valence-corrected chi connectivity index (χ0v) is 5.85. The molecule has 0 saturated heterocycles. The fourth-order valence-electron chi connectivity index (χ4n) is 0.620. The maximum Gasteiger partial charge on any atom is 0.0557 e. The van der Waals surface area contributed by atoms with Crippen molar-refractivity contribution < 1.29 is 4.74 Å². The van der Waals surface area contributed by atoms with Gasteiger partial charge in [-0.3, -0.25) is 0 Å². The summed E-state index contributed by atoms with van der Waals surface area (Å²) in [5.41, 5.74) is 5.49. The van der Waals surface area contributed by atoms with Crippen LogP contribution in [0.4, 0.5) is 0 Å². The molecule has 2 nitrogen and oxygen atoms in total. The fraction of sp³-hybridized carbons (Fsp3) is 1.00. The van der Waals surface area contributed by atoms with Crippen LogP contribution in [0.3, 0.4) is 0 Å². The van der Waals surface area contributed by atoms with Crippen LogP contribution in [0.15, 0.2) is 0 Å². The van der Waals surface area contributed by atoms with E-state index in [1.165, 1.54) is 0 Å². The SMILES string of the molecule is COC(C)C[C@H](C)N. The van der Waals surface area contributed by atoms with Crippen molar-refractivity contribution in [3.8, 4) is 0 Å². The van der Waals surface area contributed by atoms with Crippen molar-refractivity contribution in [2.75, 3.05) is 7.11 Å². The second kappa shape index (κ2) is 3.87. The minimum atomic E-state index is 0.255. The predicted molar refractivity (Wildman–Crippen MR) is 34.7 cm³/mol. The van der Waals surface area contributed by atoms with E-state index in [1.807, 2.05) is 13.8 Å². The molecule has 0 aromatic rings. The van der Waals surface area contributed by atoms with Crippen LogP contribution in [0, 0.1) is 0 Å². The van der Waals surface area contributed by atoms with Crippen molar-refractivity contribution in [2.45, 2.75) is 32.4 Å². The number of hydrogen-bond acceptors (Lipinski definition) is 2. The number of hydrogen-bond donors (Lipinski definition) is 1. The van der Waals surface area contributed by atoms with Gasteiger partial charge in [-0.15, -0.1) is 0 Å². The Labute approximate surface area is 51.0 Å². The Kier molecular flexibility index (Phi) is 3.83. The monoisotopic (exact) mass is 117 g/mol. The van der Waals surface area contributed by atoms with Crippen molar-refractivity contribution in [3.05, 3.63) is 0 Å². The molecule has 1 unspecified atom stereocenters. The summed E-state index contributed by atoms with van der Waals surface area (Å²) in [6.07, 6.45) is 1.24. The molecule has 0 heterocycles. The first-order valence-electron chi connectivity index (χ1n) is 2.95. The third-order valence-electron chi connectivity index (χ3n) is 1.11. The third kappa shape index (κ3) is 4.09. The van der Waals surface area contributed by atoms with E-state index in [2.05, 4.69) is 0 Å². The van der Waals surface area contributed by atoms with Gasteiger partial charge in [0.1, 0.15) is 0 Å². The van der Waals surface area contributed by atoms with Crippen molar-refractivity contribution in [3.63, 3.8) is 0 Å². The molecule has 0 amide bonds. The van der Waals surface area contributed by atoms with E-state index in [0.29, 0.717) is 6.10 Å². The average Bonchev–Trinajstić information content (AvgIpc) is 1.65. The van der Waals surface area contributed by atoms with Gasteiger partial charge in [0.2, 0.25) is 0 Å². The molecule has 0 radical (unpaired) electrons. The lowest BCUT2D eigenvalue weighted by atomic mass is 10.2. The van der Waals surface area contributed by atoms with Crippen LogP contribution in [0.2, 0.25) is 0 Å². The van der Waals surface area contributed by atoms with Gasteiger partial charge in [-0.1, -0.05) is 0 Å². The lowest BCUT2D eigenvalue weighted by Crippen LogP contribution is -2.21. The van der Waals surface area contributed by atoms with Crippen LogP contribution in [0.1, 0.15) is 20.3 Å². The van der Waals surface area contributed by atoms with Crippen LogP contribution >= 0.6 is 0 Å². The van der Waals surface area contributed by atoms with E-state index >= 15 is 0 Å². The molecule has 0 aliphatic rings. The van der Waals surface area contributed by atoms with Gasteiger partial charge in [0, 0.05) is 13.2 Å². The summed E-state index contributed by atoms with van der Waals surface area (Å²) in [6.45, 7) is 4.00. The number of nitrogens with two attached hydrogens (primary N) is 1. The fourth-order valence-corrected chi connectivity index (χ4v) is 0.620.